The Kier molecular flexibility index (Phi) is 5.64. The van der Waals surface area contributed by atoms with E-state index in [4.69, 9.17) is 0 Å². The zero-order chi connectivity index (χ0) is 21.3. The Bertz CT molecular complexity index is 1030. The van der Waals surface area contributed by atoms with Crippen LogP contribution in [0.1, 0.15) is 52.4 Å². The van der Waals surface area contributed by atoms with Crippen molar-refractivity contribution < 1.29 is 18.0 Å². The first-order valence-electron chi connectivity index (χ1n) is 9.82. The molecule has 1 saturated heterocycles. The van der Waals surface area contributed by atoms with Gasteiger partial charge in [-0.15, -0.1) is 11.3 Å². The Morgan fingerprint density at radius 3 is 2.63 bits per heavy atom. The molecule has 0 saturated carbocycles. The van der Waals surface area contributed by atoms with Crippen molar-refractivity contribution in [2.75, 3.05) is 13.1 Å². The van der Waals surface area contributed by atoms with Gasteiger partial charge in [-0.3, -0.25) is 4.79 Å². The highest BCUT2D eigenvalue weighted by atomic mass is 32.1. The summed E-state index contributed by atoms with van der Waals surface area (Å²) in [5.74, 6) is 0.173. The molecule has 1 amide bonds. The van der Waals surface area contributed by atoms with Crippen molar-refractivity contribution in [3.8, 4) is 5.69 Å². The number of aromatic nitrogens is 3. The molecular weight excluding hydrogens is 413 g/mol. The van der Waals surface area contributed by atoms with E-state index in [1.54, 1.807) is 35.6 Å². The van der Waals surface area contributed by atoms with Crippen molar-refractivity contribution >= 4 is 17.2 Å². The van der Waals surface area contributed by atoms with Crippen molar-refractivity contribution in [3.05, 3.63) is 63.9 Å². The fourth-order valence-corrected chi connectivity index (χ4v) is 4.62. The number of hydrogen-bond acceptors (Lipinski definition) is 4. The number of hydrogen-bond donors (Lipinski definition) is 0. The van der Waals surface area contributed by atoms with Crippen LogP contribution in [-0.2, 0) is 12.6 Å². The van der Waals surface area contributed by atoms with E-state index in [0.29, 0.717) is 24.3 Å². The number of amides is 1. The number of thiazole rings is 1. The third kappa shape index (κ3) is 4.26. The molecule has 2 aromatic heterocycles. The SMILES string of the molecule is CCc1csc(C2CCCN(C(=O)c3ccc(-n4ccc(C(F)(F)F)n4)cc3)C2)n1. The summed E-state index contributed by atoms with van der Waals surface area (Å²) in [6, 6.07) is 7.41. The topological polar surface area (TPSA) is 51.0 Å². The van der Waals surface area contributed by atoms with Crippen LogP contribution in [-0.4, -0.2) is 38.7 Å². The Balaban J connectivity index is 1.46. The average molecular weight is 434 g/mol. The molecule has 0 N–H and O–H groups in total. The summed E-state index contributed by atoms with van der Waals surface area (Å²) in [7, 11) is 0. The Hall–Kier alpha value is -2.68. The van der Waals surface area contributed by atoms with Crippen molar-refractivity contribution in [3.63, 3.8) is 0 Å². The minimum absolute atomic E-state index is 0.0741. The molecule has 1 unspecified atom stereocenters. The highest BCUT2D eigenvalue weighted by Crippen LogP contribution is 2.30. The standard InChI is InChI=1S/C21H21F3N4OS/c1-2-16-13-30-19(25-16)15-4-3-10-27(12-15)20(29)14-5-7-17(8-6-14)28-11-9-18(26-28)21(22,23)24/h5-9,11,13,15H,2-4,10,12H2,1H3. The molecule has 1 aliphatic heterocycles. The summed E-state index contributed by atoms with van der Waals surface area (Å²) in [4.78, 5) is 19.5. The molecule has 0 spiro atoms. The molecule has 1 aliphatic rings. The van der Waals surface area contributed by atoms with Crippen LogP contribution in [0.4, 0.5) is 13.2 Å². The van der Waals surface area contributed by atoms with Gasteiger partial charge >= 0.3 is 6.18 Å². The largest absolute Gasteiger partial charge is 0.435 e. The lowest BCUT2D eigenvalue weighted by atomic mass is 9.98. The average Bonchev–Trinajstić information content (AvgIpc) is 3.43. The van der Waals surface area contributed by atoms with Crippen LogP contribution in [0.2, 0.25) is 0 Å². The number of aryl methyl sites for hydroxylation is 1. The summed E-state index contributed by atoms with van der Waals surface area (Å²) < 4.78 is 39.4. The smallest absolute Gasteiger partial charge is 0.338 e. The summed E-state index contributed by atoms with van der Waals surface area (Å²) >= 11 is 1.65. The van der Waals surface area contributed by atoms with Gasteiger partial charge in [0.2, 0.25) is 0 Å². The van der Waals surface area contributed by atoms with Gasteiger partial charge in [0.1, 0.15) is 0 Å². The van der Waals surface area contributed by atoms with Crippen molar-refractivity contribution in [1.82, 2.24) is 19.7 Å². The first-order valence-corrected chi connectivity index (χ1v) is 10.7. The van der Waals surface area contributed by atoms with Gasteiger partial charge in [-0.2, -0.15) is 18.3 Å². The first-order chi connectivity index (χ1) is 14.3. The minimum Gasteiger partial charge on any atom is -0.338 e. The second-order valence-electron chi connectivity index (χ2n) is 7.31. The number of alkyl halides is 3. The second kappa shape index (κ2) is 8.22. The molecule has 4 rings (SSSR count). The predicted octanol–water partition coefficient (Wildman–Crippen LogP) is 4.93. The maximum Gasteiger partial charge on any atom is 0.435 e. The molecule has 1 atom stereocenters. The third-order valence-corrected chi connectivity index (χ3v) is 6.30. The normalized spacial score (nSPS) is 17.3. The van der Waals surface area contributed by atoms with Crippen LogP contribution in [0.25, 0.3) is 5.69 Å². The Morgan fingerprint density at radius 1 is 1.23 bits per heavy atom. The maximum atomic E-state index is 13.0. The highest BCUT2D eigenvalue weighted by molar-refractivity contribution is 7.09. The first kappa shape index (κ1) is 20.6. The monoisotopic (exact) mass is 434 g/mol. The molecule has 1 aromatic carbocycles. The summed E-state index contributed by atoms with van der Waals surface area (Å²) in [6.45, 7) is 3.40. The van der Waals surface area contributed by atoms with Gasteiger partial charge in [-0.05, 0) is 49.6 Å². The van der Waals surface area contributed by atoms with Crippen LogP contribution in [0.3, 0.4) is 0 Å². The number of carbonyl (C=O) groups excluding carboxylic acids is 1. The van der Waals surface area contributed by atoms with Crippen molar-refractivity contribution in [2.45, 2.75) is 38.3 Å². The van der Waals surface area contributed by atoms with Crippen LogP contribution in [0.15, 0.2) is 41.9 Å². The van der Waals surface area contributed by atoms with E-state index in [0.717, 1.165) is 40.7 Å². The van der Waals surface area contributed by atoms with E-state index in [1.165, 1.54) is 6.20 Å². The molecule has 5 nitrogen and oxygen atoms in total. The van der Waals surface area contributed by atoms with Gasteiger partial charge in [0.15, 0.2) is 5.69 Å². The maximum absolute atomic E-state index is 13.0. The number of piperidine rings is 1. The number of likely N-dealkylation sites (tertiary alicyclic amines) is 1. The Labute approximate surface area is 176 Å². The second-order valence-corrected chi connectivity index (χ2v) is 8.20. The van der Waals surface area contributed by atoms with Crippen LogP contribution >= 0.6 is 11.3 Å². The number of nitrogens with zero attached hydrogens (tertiary/aromatic N) is 4. The summed E-state index contributed by atoms with van der Waals surface area (Å²) in [5, 5.41) is 6.72. The van der Waals surface area contributed by atoms with Crippen LogP contribution in [0, 0.1) is 0 Å². The molecule has 0 radical (unpaired) electrons. The molecule has 158 valence electrons. The van der Waals surface area contributed by atoms with Gasteiger partial charge in [0.25, 0.3) is 5.91 Å². The number of benzene rings is 1. The fourth-order valence-electron chi connectivity index (χ4n) is 3.59. The van der Waals surface area contributed by atoms with Gasteiger partial charge in [0, 0.05) is 36.1 Å². The molecule has 30 heavy (non-hydrogen) atoms. The number of rotatable bonds is 4. The van der Waals surface area contributed by atoms with E-state index in [2.05, 4.69) is 22.4 Å². The molecular formula is C21H21F3N4OS. The van der Waals surface area contributed by atoms with Crippen LogP contribution in [0.5, 0.6) is 0 Å². The molecule has 0 aliphatic carbocycles. The fraction of sp³-hybridized carbons (Fsp3) is 0.381. The molecule has 1 fully saturated rings. The summed E-state index contributed by atoms with van der Waals surface area (Å²) in [6.07, 6.45) is -0.392. The zero-order valence-corrected chi connectivity index (χ0v) is 17.2. The quantitative estimate of drug-likeness (QED) is 0.585. The van der Waals surface area contributed by atoms with E-state index < -0.39 is 11.9 Å². The lowest BCUT2D eigenvalue weighted by Gasteiger charge is -2.32. The van der Waals surface area contributed by atoms with Crippen molar-refractivity contribution in [2.24, 2.45) is 0 Å². The highest BCUT2D eigenvalue weighted by Gasteiger charge is 2.33. The molecule has 3 heterocycles. The minimum atomic E-state index is -4.48. The van der Waals surface area contributed by atoms with Gasteiger partial charge in [0.05, 0.1) is 16.4 Å². The van der Waals surface area contributed by atoms with Crippen molar-refractivity contribution in [1.29, 1.82) is 0 Å². The molecule has 3 aromatic rings. The van der Waals surface area contributed by atoms with Gasteiger partial charge < -0.3 is 4.90 Å². The van der Waals surface area contributed by atoms with Gasteiger partial charge in [-0.25, -0.2) is 9.67 Å². The molecule has 0 bridgehead atoms. The number of carbonyl (C=O) groups is 1. The number of halogens is 3. The third-order valence-electron chi connectivity index (χ3n) is 5.25. The lowest BCUT2D eigenvalue weighted by Crippen LogP contribution is -2.39. The Morgan fingerprint density at radius 2 is 2.00 bits per heavy atom. The van der Waals surface area contributed by atoms with Gasteiger partial charge in [-0.1, -0.05) is 6.92 Å². The van der Waals surface area contributed by atoms with E-state index in [1.807, 2.05) is 4.90 Å². The van der Waals surface area contributed by atoms with Crippen LogP contribution < -0.4 is 0 Å². The molecule has 9 heteroatoms. The zero-order valence-electron chi connectivity index (χ0n) is 16.4. The van der Waals surface area contributed by atoms with E-state index in [9.17, 15) is 18.0 Å². The van der Waals surface area contributed by atoms with E-state index in [-0.39, 0.29) is 11.8 Å². The van der Waals surface area contributed by atoms with E-state index >= 15 is 0 Å². The summed E-state index contributed by atoms with van der Waals surface area (Å²) in [5.41, 5.74) is 1.11. The lowest BCUT2D eigenvalue weighted by molar-refractivity contribution is -0.141. The predicted molar refractivity (Wildman–Crippen MR) is 108 cm³/mol.